The number of carbonyl (C=O) groups excluding carboxylic acids is 1. The summed E-state index contributed by atoms with van der Waals surface area (Å²) < 4.78 is 103. The van der Waals surface area contributed by atoms with Crippen molar-refractivity contribution in [2.45, 2.75) is 103 Å². The SMILES string of the molecule is CC(=O)C(CC=C(C)C)Cc1cn([C@@H]2O[C@H](COP(=O)(O)OP(=O)(O)OP(=O)(O)O)C(O)[C@@H]2O)c(=O)[nH]c1=O.CC(C)=CCNCc1cn([C@@H]2O[C@H](COP(=O)(O)OP(=O)(O)OP(=O)(O)O)C(O)[C@@H]2O)c(=O)[nH]c1=O.N.O. The molecule has 0 amide bonds. The van der Waals surface area contributed by atoms with Gasteiger partial charge >= 0.3 is 58.3 Å². The largest absolute Gasteiger partial charge is 0.490 e. The molecule has 2 aromatic heterocycles. The second kappa shape index (κ2) is 29.1. The van der Waals surface area contributed by atoms with E-state index in [0.29, 0.717) is 13.0 Å². The fourth-order valence-corrected chi connectivity index (χ4v) is 12.4. The molecule has 0 bridgehead atoms. The number of hydrogen-bond acceptors (Lipinski definition) is 25. The minimum atomic E-state index is -5.79. The first-order valence-corrected chi connectivity index (χ1v) is 29.9. The van der Waals surface area contributed by atoms with Crippen molar-refractivity contribution in [3.63, 3.8) is 0 Å². The summed E-state index contributed by atoms with van der Waals surface area (Å²) in [7, 11) is -33.8. The first-order valence-electron chi connectivity index (χ1n) is 20.9. The molecule has 0 saturated carbocycles. The Hall–Kier alpha value is -3.03. The van der Waals surface area contributed by atoms with E-state index in [-0.39, 0.29) is 41.5 Å². The predicted octanol–water partition coefficient (Wildman–Crippen LogP) is -2.50. The molecule has 13 atom stereocenters. The Morgan fingerprint density at radius 3 is 1.36 bits per heavy atom. The number of ketones is 1. The summed E-state index contributed by atoms with van der Waals surface area (Å²) in [5, 5.41) is 44.2. The average Bonchev–Trinajstić information content (AvgIpc) is 3.66. The van der Waals surface area contributed by atoms with Gasteiger partial charge in [0, 0.05) is 42.5 Å². The number of aromatic amines is 2. The highest BCUT2D eigenvalue weighted by atomic mass is 31.3. The molecule has 0 radical (unpaired) electrons. The highest BCUT2D eigenvalue weighted by Gasteiger charge is 2.49. The molecule has 2 fully saturated rings. The van der Waals surface area contributed by atoms with Crippen LogP contribution in [0, 0.1) is 5.92 Å². The molecule has 2 aliphatic heterocycles. The summed E-state index contributed by atoms with van der Waals surface area (Å²) >= 11 is 0. The number of Topliss-reactive ketones (excluding diaryl/α,β-unsaturated/α-hetero) is 1. The quantitative estimate of drug-likeness (QED) is 0.0277. The minimum Gasteiger partial charge on any atom is -0.412 e. The number of carbonyl (C=O) groups is 1. The predicted molar refractivity (Wildman–Crippen MR) is 256 cm³/mol. The summed E-state index contributed by atoms with van der Waals surface area (Å²) in [6.45, 7) is 7.04. The Balaban J connectivity index is 0.000000753. The maximum Gasteiger partial charge on any atom is 0.490 e. The zero-order chi connectivity index (χ0) is 57.4. The lowest BCUT2D eigenvalue weighted by Crippen LogP contribution is -2.39. The minimum absolute atomic E-state index is 0. The number of hydrogen-bond donors (Lipinski definition) is 16. The van der Waals surface area contributed by atoms with Gasteiger partial charge in [0.15, 0.2) is 12.5 Å². The van der Waals surface area contributed by atoms with E-state index >= 15 is 0 Å². The maximum absolute atomic E-state index is 12.4. The molecule has 77 heavy (non-hydrogen) atoms. The van der Waals surface area contributed by atoms with Crippen molar-refractivity contribution in [2.75, 3.05) is 19.8 Å². The van der Waals surface area contributed by atoms with Crippen LogP contribution in [0.15, 0.2) is 54.9 Å². The van der Waals surface area contributed by atoms with Crippen molar-refractivity contribution in [3.05, 3.63) is 88.5 Å². The second-order valence-electron chi connectivity index (χ2n) is 16.4. The molecule has 0 spiro atoms. The van der Waals surface area contributed by atoms with Crippen LogP contribution >= 0.6 is 46.9 Å². The van der Waals surface area contributed by atoms with Crippen LogP contribution in [0.4, 0.5) is 0 Å². The molecular weight excluding hydrogens is 1180 g/mol. The van der Waals surface area contributed by atoms with Crippen LogP contribution < -0.4 is 34.0 Å². The summed E-state index contributed by atoms with van der Waals surface area (Å²) in [6.07, 6.45) is -7.82. The Morgan fingerprint density at radius 1 is 0.623 bits per heavy atom. The molecule has 0 aromatic carbocycles. The van der Waals surface area contributed by atoms with Crippen LogP contribution in [-0.4, -0.2) is 146 Å². The van der Waals surface area contributed by atoms with Crippen LogP contribution in [0.3, 0.4) is 0 Å². The van der Waals surface area contributed by atoms with Gasteiger partial charge in [0.05, 0.1) is 13.2 Å². The fraction of sp³-hybridized carbons (Fsp3) is 0.606. The van der Waals surface area contributed by atoms with E-state index in [1.54, 1.807) is 6.08 Å². The van der Waals surface area contributed by atoms with E-state index in [4.69, 9.17) is 33.9 Å². The molecule has 2 aromatic rings. The lowest BCUT2D eigenvalue weighted by molar-refractivity contribution is -0.120. The van der Waals surface area contributed by atoms with E-state index in [1.807, 2.05) is 43.7 Å². The Bertz CT molecular complexity index is 2960. The molecule has 7 unspecified atom stereocenters. The van der Waals surface area contributed by atoms with Crippen molar-refractivity contribution in [3.8, 4) is 0 Å². The molecule has 0 aliphatic carbocycles. The van der Waals surface area contributed by atoms with Gasteiger partial charge in [0.1, 0.15) is 42.4 Å². The number of aromatic nitrogens is 4. The third kappa shape index (κ3) is 23.5. The van der Waals surface area contributed by atoms with Crippen molar-refractivity contribution >= 4 is 52.7 Å². The van der Waals surface area contributed by atoms with Gasteiger partial charge in [-0.2, -0.15) is 17.2 Å². The molecule has 4 heterocycles. The van der Waals surface area contributed by atoms with Crippen LogP contribution in [0.1, 0.15) is 64.6 Å². The smallest absolute Gasteiger partial charge is 0.412 e. The molecular formula is C33H60N6O32P6. The number of aliphatic hydroxyl groups is 4. The van der Waals surface area contributed by atoms with Crippen molar-refractivity contribution < 1.29 is 133 Å². The van der Waals surface area contributed by atoms with E-state index in [2.05, 4.69) is 31.6 Å². The first-order chi connectivity index (χ1) is 34.1. The number of nitrogens with one attached hydrogen (secondary N) is 3. The summed E-state index contributed by atoms with van der Waals surface area (Å²) in [5.41, 5.74) is -1.53. The molecule has 4 rings (SSSR count). The normalized spacial score (nSPS) is 24.9. The lowest BCUT2D eigenvalue weighted by atomic mass is 9.93. The number of rotatable bonds is 25. The number of allylic oxidation sites excluding steroid dienone is 3. The van der Waals surface area contributed by atoms with Gasteiger partial charge in [-0.05, 0) is 47.5 Å². The lowest BCUT2D eigenvalue weighted by Gasteiger charge is -2.19. The van der Waals surface area contributed by atoms with E-state index in [9.17, 15) is 86.5 Å². The van der Waals surface area contributed by atoms with E-state index in [0.717, 1.165) is 32.7 Å². The number of aliphatic hydroxyl groups excluding tert-OH is 4. The van der Waals surface area contributed by atoms with Crippen LogP contribution in [-0.2, 0) is 80.9 Å². The number of ether oxygens (including phenoxy) is 2. The van der Waals surface area contributed by atoms with E-state index < -0.39 is 138 Å². The van der Waals surface area contributed by atoms with Crippen molar-refractivity contribution in [2.24, 2.45) is 5.92 Å². The molecule has 38 nitrogen and oxygen atoms in total. The van der Waals surface area contributed by atoms with Gasteiger partial charge in [-0.1, -0.05) is 23.3 Å². The zero-order valence-corrected chi connectivity index (χ0v) is 46.0. The summed E-state index contributed by atoms with van der Waals surface area (Å²) in [6, 6.07) is 0. The number of nitrogens with zero attached hydrogens (tertiary/aromatic N) is 2. The highest BCUT2D eigenvalue weighted by molar-refractivity contribution is 7.67. The molecule has 2 saturated heterocycles. The molecule has 20 N–H and O–H groups in total. The average molecular weight is 1240 g/mol. The van der Waals surface area contributed by atoms with Gasteiger partial charge < -0.3 is 86.0 Å². The van der Waals surface area contributed by atoms with Gasteiger partial charge in [-0.15, -0.1) is 0 Å². The maximum atomic E-state index is 12.4. The van der Waals surface area contributed by atoms with Gasteiger partial charge in [0.25, 0.3) is 11.1 Å². The monoisotopic (exact) mass is 1240 g/mol. The van der Waals surface area contributed by atoms with Crippen molar-refractivity contribution in [1.29, 1.82) is 0 Å². The summed E-state index contributed by atoms with van der Waals surface area (Å²) in [5.74, 6) is -0.826. The number of phosphoric ester groups is 2. The van der Waals surface area contributed by atoms with Gasteiger partial charge in [-0.25, -0.2) is 37.0 Å². The van der Waals surface area contributed by atoms with Gasteiger partial charge in [-0.3, -0.25) is 42.5 Å². The van der Waals surface area contributed by atoms with Crippen LogP contribution in [0.5, 0.6) is 0 Å². The van der Waals surface area contributed by atoms with Crippen molar-refractivity contribution in [1.82, 2.24) is 30.6 Å². The highest BCUT2D eigenvalue weighted by Crippen LogP contribution is 2.67. The van der Waals surface area contributed by atoms with E-state index in [1.165, 1.54) is 6.92 Å². The summed E-state index contributed by atoms with van der Waals surface area (Å²) in [4.78, 5) is 137. The number of H-pyrrole nitrogens is 2. The van der Waals surface area contributed by atoms with Crippen LogP contribution in [0.25, 0.3) is 0 Å². The molecule has 444 valence electrons. The number of phosphoric acid groups is 6. The Kier molecular flexibility index (Phi) is 27.2. The Labute approximate surface area is 432 Å². The molecule has 44 heteroatoms. The van der Waals surface area contributed by atoms with Gasteiger partial charge in [0.2, 0.25) is 0 Å². The van der Waals surface area contributed by atoms with Crippen LogP contribution in [0.2, 0.25) is 0 Å². The molecule has 2 aliphatic rings. The third-order valence-corrected chi connectivity index (χ3v) is 17.4. The fourth-order valence-electron chi connectivity index (χ4n) is 6.36. The zero-order valence-electron chi connectivity index (χ0n) is 40.7. The first kappa shape index (κ1) is 72.0. The Morgan fingerprint density at radius 2 is 1.00 bits per heavy atom. The topological polar surface area (TPSA) is 624 Å². The second-order valence-corrected chi connectivity index (χ2v) is 25.3. The third-order valence-electron chi connectivity index (χ3n) is 9.76. The standard InChI is InChI=1S/C18H29N2O16P3.C15H26N3O15P3.H3N.H2O/c1-9(2)4-5-11(10(3)21)6-12-7-20(18(25)19-16(12)24)17-15(23)14(22)13(34-17)8-33-38(29,30)36-39(31,32)35-37(26,27)28;1-8(2)3-4-16-5-9-6-18(15(22)17-13(9)21)14-12(20)11(19)10(31-14)7-30-35(26,27)33-36(28,29)32-34(23,24)25;;/h4,7,11,13-15,17,22-23H,5-6,8H2,1-3H3,(H,29,30)(H,31,32)(H,19,24,25)(H2,26,27,28);3,6,10-12,14,16,19-20H,4-5,7H2,1-2H3,(H,26,27)(H,28,29)(H,17,21,22)(H2,23,24,25);1H3;1H2/t11?,13-,14?,15+,17-;10-,11?,12+,14-;;/m11../s1.